The van der Waals surface area contributed by atoms with Crippen molar-refractivity contribution >= 4 is 0 Å². The summed E-state index contributed by atoms with van der Waals surface area (Å²) in [7, 11) is 2.04. The molecule has 0 radical (unpaired) electrons. The minimum Gasteiger partial charge on any atom is -0.337 e. The lowest BCUT2D eigenvalue weighted by atomic mass is 10.2. The van der Waals surface area contributed by atoms with Crippen molar-refractivity contribution in [3.8, 4) is 0 Å². The molecule has 0 aliphatic carbocycles. The average molecular weight is 222 g/mol. The summed E-state index contributed by atoms with van der Waals surface area (Å²) in [5, 5.41) is 3.29. The van der Waals surface area contributed by atoms with Gasteiger partial charge in [0.05, 0.1) is 6.33 Å². The summed E-state index contributed by atoms with van der Waals surface area (Å²) in [6.07, 6.45) is 9.71. The van der Waals surface area contributed by atoms with Gasteiger partial charge < -0.3 is 9.88 Å². The number of aryl methyl sites for hydroxylation is 1. The van der Waals surface area contributed by atoms with E-state index in [2.05, 4.69) is 19.8 Å². The van der Waals surface area contributed by atoms with E-state index >= 15 is 0 Å². The number of hydrogen-bond donors (Lipinski definition) is 1. The zero-order valence-electron chi connectivity index (χ0n) is 10.1. The van der Waals surface area contributed by atoms with Crippen molar-refractivity contribution in [2.24, 2.45) is 0 Å². The molecule has 1 aromatic heterocycles. The Morgan fingerprint density at radius 1 is 1.44 bits per heavy atom. The first-order valence-electron chi connectivity index (χ1n) is 6.24. The Kier molecular flexibility index (Phi) is 4.36. The van der Waals surface area contributed by atoms with Gasteiger partial charge >= 0.3 is 0 Å². The number of hydrogen-bond acceptors (Lipinski definition) is 3. The topological polar surface area (TPSA) is 33.1 Å². The number of nitrogens with one attached hydrogen (secondary N) is 1. The number of aromatic nitrogens is 2. The molecule has 0 bridgehead atoms. The molecule has 1 aromatic rings. The Bertz CT molecular complexity index is 283. The van der Waals surface area contributed by atoms with Crippen LogP contribution in [0.15, 0.2) is 18.7 Å². The Balaban J connectivity index is 1.69. The summed E-state index contributed by atoms with van der Waals surface area (Å²) in [6, 6.07) is 0.757. The highest BCUT2D eigenvalue weighted by Crippen LogP contribution is 2.16. The Hall–Kier alpha value is -0.870. The molecule has 1 aliphatic rings. The van der Waals surface area contributed by atoms with E-state index in [-0.39, 0.29) is 0 Å². The minimum atomic E-state index is 0.757. The molecule has 1 N–H and O–H groups in total. The third-order valence-electron chi connectivity index (χ3n) is 3.36. The largest absolute Gasteiger partial charge is 0.337 e. The molecule has 0 amide bonds. The van der Waals surface area contributed by atoms with Gasteiger partial charge in [0, 0.05) is 38.1 Å². The SMILES string of the molecule is CNCC1CCCN1CCCn1ccnc1. The van der Waals surface area contributed by atoms with Crippen LogP contribution in [0.4, 0.5) is 0 Å². The maximum atomic E-state index is 4.06. The Labute approximate surface area is 97.7 Å². The molecule has 0 aromatic carbocycles. The average Bonchev–Trinajstić information content (AvgIpc) is 2.91. The van der Waals surface area contributed by atoms with Crippen molar-refractivity contribution in [3.63, 3.8) is 0 Å². The lowest BCUT2D eigenvalue weighted by Gasteiger charge is -2.24. The van der Waals surface area contributed by atoms with Gasteiger partial charge in [-0.3, -0.25) is 4.90 Å². The van der Waals surface area contributed by atoms with Gasteiger partial charge in [-0.15, -0.1) is 0 Å². The zero-order valence-corrected chi connectivity index (χ0v) is 10.1. The van der Waals surface area contributed by atoms with E-state index in [1.807, 2.05) is 25.8 Å². The Morgan fingerprint density at radius 2 is 2.38 bits per heavy atom. The molecule has 1 fully saturated rings. The van der Waals surface area contributed by atoms with Crippen LogP contribution in [0, 0.1) is 0 Å². The second-order valence-electron chi connectivity index (χ2n) is 4.54. The molecule has 16 heavy (non-hydrogen) atoms. The van der Waals surface area contributed by atoms with E-state index in [0.717, 1.165) is 19.1 Å². The number of rotatable bonds is 6. The van der Waals surface area contributed by atoms with Crippen LogP contribution >= 0.6 is 0 Å². The summed E-state index contributed by atoms with van der Waals surface area (Å²) in [5.74, 6) is 0. The summed E-state index contributed by atoms with van der Waals surface area (Å²) in [6.45, 7) is 4.70. The molecule has 2 heterocycles. The second kappa shape index (κ2) is 6.01. The molecule has 4 heteroatoms. The van der Waals surface area contributed by atoms with Gasteiger partial charge in [-0.2, -0.15) is 0 Å². The fourth-order valence-corrected chi connectivity index (χ4v) is 2.53. The van der Waals surface area contributed by atoms with Gasteiger partial charge in [0.25, 0.3) is 0 Å². The lowest BCUT2D eigenvalue weighted by Crippen LogP contribution is -2.37. The molecular formula is C12H22N4. The first-order chi connectivity index (χ1) is 7.90. The fourth-order valence-electron chi connectivity index (χ4n) is 2.53. The smallest absolute Gasteiger partial charge is 0.0945 e. The number of likely N-dealkylation sites (N-methyl/N-ethyl adjacent to an activating group) is 1. The fraction of sp³-hybridized carbons (Fsp3) is 0.750. The van der Waals surface area contributed by atoms with Gasteiger partial charge in [0.2, 0.25) is 0 Å². The highest BCUT2D eigenvalue weighted by molar-refractivity contribution is 4.81. The molecule has 1 unspecified atom stereocenters. The summed E-state index contributed by atoms with van der Waals surface area (Å²) in [4.78, 5) is 6.67. The predicted molar refractivity (Wildman–Crippen MR) is 65.4 cm³/mol. The standard InChI is InChI=1S/C12H22N4/c1-13-10-12-4-2-7-16(12)8-3-6-15-9-5-14-11-15/h5,9,11-13H,2-4,6-8,10H2,1H3. The molecule has 0 spiro atoms. The van der Waals surface area contributed by atoms with Crippen LogP contribution in [0.3, 0.4) is 0 Å². The number of likely N-dealkylation sites (tertiary alicyclic amines) is 1. The maximum absolute atomic E-state index is 4.06. The van der Waals surface area contributed by atoms with Crippen LogP contribution in [-0.4, -0.2) is 47.2 Å². The van der Waals surface area contributed by atoms with E-state index in [9.17, 15) is 0 Å². The molecule has 4 nitrogen and oxygen atoms in total. The summed E-state index contributed by atoms with van der Waals surface area (Å²) >= 11 is 0. The van der Waals surface area contributed by atoms with Crippen molar-refractivity contribution in [2.45, 2.75) is 31.8 Å². The highest BCUT2D eigenvalue weighted by atomic mass is 15.2. The van der Waals surface area contributed by atoms with Crippen molar-refractivity contribution < 1.29 is 0 Å². The first-order valence-corrected chi connectivity index (χ1v) is 6.24. The van der Waals surface area contributed by atoms with Gasteiger partial charge in [0.15, 0.2) is 0 Å². The number of nitrogens with zero attached hydrogens (tertiary/aromatic N) is 3. The molecular weight excluding hydrogens is 200 g/mol. The van der Waals surface area contributed by atoms with E-state index < -0.39 is 0 Å². The van der Waals surface area contributed by atoms with E-state index in [1.165, 1.54) is 32.4 Å². The van der Waals surface area contributed by atoms with Crippen LogP contribution in [0.5, 0.6) is 0 Å². The van der Waals surface area contributed by atoms with Crippen molar-refractivity contribution in [1.29, 1.82) is 0 Å². The second-order valence-corrected chi connectivity index (χ2v) is 4.54. The third-order valence-corrected chi connectivity index (χ3v) is 3.36. The Morgan fingerprint density at radius 3 is 3.12 bits per heavy atom. The number of imidazole rings is 1. The van der Waals surface area contributed by atoms with Crippen LogP contribution in [0.2, 0.25) is 0 Å². The van der Waals surface area contributed by atoms with Crippen LogP contribution < -0.4 is 5.32 Å². The van der Waals surface area contributed by atoms with E-state index in [4.69, 9.17) is 0 Å². The molecule has 2 rings (SSSR count). The minimum absolute atomic E-state index is 0.757. The van der Waals surface area contributed by atoms with Crippen molar-refractivity contribution in [2.75, 3.05) is 26.7 Å². The molecule has 0 saturated carbocycles. The molecule has 1 aliphatic heterocycles. The van der Waals surface area contributed by atoms with Gasteiger partial charge in [-0.05, 0) is 32.9 Å². The first kappa shape index (κ1) is 11.6. The van der Waals surface area contributed by atoms with Gasteiger partial charge in [-0.25, -0.2) is 4.98 Å². The van der Waals surface area contributed by atoms with E-state index in [1.54, 1.807) is 0 Å². The third kappa shape index (κ3) is 3.06. The molecule has 90 valence electrons. The van der Waals surface area contributed by atoms with E-state index in [0.29, 0.717) is 0 Å². The van der Waals surface area contributed by atoms with Gasteiger partial charge in [0.1, 0.15) is 0 Å². The summed E-state index contributed by atoms with van der Waals surface area (Å²) < 4.78 is 2.16. The monoisotopic (exact) mass is 222 g/mol. The van der Waals surface area contributed by atoms with Crippen molar-refractivity contribution in [1.82, 2.24) is 19.8 Å². The van der Waals surface area contributed by atoms with Crippen LogP contribution in [-0.2, 0) is 6.54 Å². The van der Waals surface area contributed by atoms with Crippen LogP contribution in [0.25, 0.3) is 0 Å². The lowest BCUT2D eigenvalue weighted by molar-refractivity contribution is 0.243. The molecule has 1 atom stereocenters. The zero-order chi connectivity index (χ0) is 11.2. The van der Waals surface area contributed by atoms with Crippen LogP contribution in [0.1, 0.15) is 19.3 Å². The normalized spacial score (nSPS) is 21.7. The molecule has 1 saturated heterocycles. The highest BCUT2D eigenvalue weighted by Gasteiger charge is 2.22. The quantitative estimate of drug-likeness (QED) is 0.778. The predicted octanol–water partition coefficient (Wildman–Crippen LogP) is 0.957. The van der Waals surface area contributed by atoms with Crippen molar-refractivity contribution in [3.05, 3.63) is 18.7 Å². The summed E-state index contributed by atoms with van der Waals surface area (Å²) in [5.41, 5.74) is 0. The van der Waals surface area contributed by atoms with Gasteiger partial charge in [-0.1, -0.05) is 0 Å². The maximum Gasteiger partial charge on any atom is 0.0945 e.